The lowest BCUT2D eigenvalue weighted by molar-refractivity contribution is 0.0598. The van der Waals surface area contributed by atoms with Crippen molar-refractivity contribution in [1.29, 1.82) is 0 Å². The summed E-state index contributed by atoms with van der Waals surface area (Å²) in [6, 6.07) is 9.19. The van der Waals surface area contributed by atoms with E-state index >= 15 is 0 Å². The second kappa shape index (κ2) is 6.76. The molecule has 2 aromatic heterocycles. The van der Waals surface area contributed by atoms with Gasteiger partial charge in [-0.15, -0.1) is 0 Å². The largest absolute Gasteiger partial charge is 0.465 e. The van der Waals surface area contributed by atoms with E-state index in [-0.39, 0.29) is 12.5 Å². The number of esters is 1. The molecular weight excluding hydrogens is 388 g/mol. The summed E-state index contributed by atoms with van der Waals surface area (Å²) in [5, 5.41) is 0.952. The standard InChI is InChI=1S/C18H17BrN2O4/c1-10-14(18(23)24-3)8-13(25-10)9-21(2)17(22)16-7-11-6-12(19)4-5-15(11)20-16/h4-8,20H,9H2,1-3H3. The molecule has 1 amide bonds. The number of H-pyrrole nitrogens is 1. The van der Waals surface area contributed by atoms with Crippen LogP contribution in [-0.2, 0) is 11.3 Å². The summed E-state index contributed by atoms with van der Waals surface area (Å²) in [4.78, 5) is 28.9. The molecule has 0 bridgehead atoms. The second-order valence-corrected chi connectivity index (χ2v) is 6.67. The molecule has 1 N–H and O–H groups in total. The van der Waals surface area contributed by atoms with Crippen LogP contribution in [0, 0.1) is 6.92 Å². The van der Waals surface area contributed by atoms with Gasteiger partial charge < -0.3 is 19.0 Å². The van der Waals surface area contributed by atoms with E-state index in [4.69, 9.17) is 9.15 Å². The number of ether oxygens (including phenoxy) is 1. The van der Waals surface area contributed by atoms with Crippen LogP contribution in [0.15, 0.2) is 39.2 Å². The Morgan fingerprint density at radius 1 is 1.28 bits per heavy atom. The van der Waals surface area contributed by atoms with Crippen molar-refractivity contribution in [3.63, 3.8) is 0 Å². The predicted octanol–water partition coefficient (Wildman–Crippen LogP) is 3.89. The third-order valence-corrected chi connectivity index (χ3v) is 4.42. The zero-order chi connectivity index (χ0) is 18.1. The topological polar surface area (TPSA) is 75.5 Å². The Kier molecular flexibility index (Phi) is 4.67. The van der Waals surface area contributed by atoms with Crippen LogP contribution in [-0.4, -0.2) is 35.9 Å². The number of amides is 1. The molecule has 0 aliphatic heterocycles. The molecule has 0 fully saturated rings. The predicted molar refractivity (Wildman–Crippen MR) is 96.6 cm³/mol. The van der Waals surface area contributed by atoms with Crippen molar-refractivity contribution in [3.05, 3.63) is 57.6 Å². The van der Waals surface area contributed by atoms with E-state index in [9.17, 15) is 9.59 Å². The maximum Gasteiger partial charge on any atom is 0.341 e. The molecule has 0 aliphatic rings. The number of rotatable bonds is 4. The van der Waals surface area contributed by atoms with Gasteiger partial charge in [-0.2, -0.15) is 0 Å². The summed E-state index contributed by atoms with van der Waals surface area (Å²) in [7, 11) is 3.00. The SMILES string of the molecule is COC(=O)c1cc(CN(C)C(=O)c2cc3cc(Br)ccc3[nH]2)oc1C. The Balaban J connectivity index is 1.79. The first kappa shape index (κ1) is 17.3. The fourth-order valence-electron chi connectivity index (χ4n) is 2.66. The highest BCUT2D eigenvalue weighted by atomic mass is 79.9. The van der Waals surface area contributed by atoms with Crippen molar-refractivity contribution in [2.45, 2.75) is 13.5 Å². The number of nitrogens with one attached hydrogen (secondary N) is 1. The number of carbonyl (C=O) groups is 2. The van der Waals surface area contributed by atoms with Gasteiger partial charge in [0.1, 0.15) is 22.8 Å². The van der Waals surface area contributed by atoms with E-state index in [1.54, 1.807) is 20.0 Å². The number of furan rings is 1. The Hall–Kier alpha value is -2.54. The van der Waals surface area contributed by atoms with Crippen LogP contribution in [0.1, 0.15) is 32.4 Å². The second-order valence-electron chi connectivity index (χ2n) is 5.75. The van der Waals surface area contributed by atoms with Crippen LogP contribution in [0.25, 0.3) is 10.9 Å². The highest BCUT2D eigenvalue weighted by molar-refractivity contribution is 9.10. The number of carbonyl (C=O) groups excluding carboxylic acids is 2. The van der Waals surface area contributed by atoms with Gasteiger partial charge in [0.05, 0.1) is 13.7 Å². The summed E-state index contributed by atoms with van der Waals surface area (Å²) in [6.45, 7) is 1.93. The van der Waals surface area contributed by atoms with E-state index in [0.717, 1.165) is 15.4 Å². The molecule has 7 heteroatoms. The van der Waals surface area contributed by atoms with E-state index in [2.05, 4.69) is 20.9 Å². The van der Waals surface area contributed by atoms with Gasteiger partial charge in [0, 0.05) is 22.4 Å². The van der Waals surface area contributed by atoms with Crippen LogP contribution in [0.3, 0.4) is 0 Å². The third kappa shape index (κ3) is 3.46. The fraction of sp³-hybridized carbons (Fsp3) is 0.222. The summed E-state index contributed by atoms with van der Waals surface area (Å²) < 4.78 is 11.2. The molecule has 0 saturated heterocycles. The van der Waals surface area contributed by atoms with Crippen LogP contribution < -0.4 is 0 Å². The van der Waals surface area contributed by atoms with E-state index in [0.29, 0.717) is 22.8 Å². The molecule has 25 heavy (non-hydrogen) atoms. The van der Waals surface area contributed by atoms with Gasteiger partial charge in [-0.05, 0) is 37.3 Å². The number of halogens is 1. The average Bonchev–Trinajstić information content (AvgIpc) is 3.16. The van der Waals surface area contributed by atoms with Crippen LogP contribution in [0.5, 0.6) is 0 Å². The third-order valence-electron chi connectivity index (χ3n) is 3.93. The summed E-state index contributed by atoms with van der Waals surface area (Å²) in [6.07, 6.45) is 0. The number of methoxy groups -OCH3 is 1. The molecule has 130 valence electrons. The molecule has 0 aliphatic carbocycles. The smallest absolute Gasteiger partial charge is 0.341 e. The van der Waals surface area contributed by atoms with E-state index < -0.39 is 5.97 Å². The number of hydrogen-bond acceptors (Lipinski definition) is 4. The first-order valence-electron chi connectivity index (χ1n) is 7.60. The summed E-state index contributed by atoms with van der Waals surface area (Å²) in [5.41, 5.74) is 1.75. The van der Waals surface area contributed by atoms with Crippen molar-refractivity contribution in [1.82, 2.24) is 9.88 Å². The van der Waals surface area contributed by atoms with Gasteiger partial charge in [0.2, 0.25) is 0 Å². The molecule has 0 saturated carbocycles. The monoisotopic (exact) mass is 404 g/mol. The van der Waals surface area contributed by atoms with Crippen LogP contribution >= 0.6 is 15.9 Å². The number of aryl methyl sites for hydroxylation is 1. The number of aromatic amines is 1. The minimum absolute atomic E-state index is 0.166. The van der Waals surface area contributed by atoms with Gasteiger partial charge >= 0.3 is 5.97 Å². The zero-order valence-electron chi connectivity index (χ0n) is 14.1. The van der Waals surface area contributed by atoms with Gasteiger partial charge in [-0.25, -0.2) is 4.79 Å². The maximum atomic E-state index is 12.6. The quantitative estimate of drug-likeness (QED) is 0.669. The van der Waals surface area contributed by atoms with Crippen molar-refractivity contribution < 1.29 is 18.7 Å². The van der Waals surface area contributed by atoms with Crippen molar-refractivity contribution in [3.8, 4) is 0 Å². The zero-order valence-corrected chi connectivity index (χ0v) is 15.6. The lowest BCUT2D eigenvalue weighted by atomic mass is 10.2. The summed E-state index contributed by atoms with van der Waals surface area (Å²) >= 11 is 3.42. The molecule has 3 rings (SSSR count). The molecule has 0 unspecified atom stereocenters. The number of hydrogen-bond donors (Lipinski definition) is 1. The molecule has 2 heterocycles. The molecule has 3 aromatic rings. The Bertz CT molecular complexity index is 957. The normalized spacial score (nSPS) is 10.9. The molecule has 0 radical (unpaired) electrons. The van der Waals surface area contributed by atoms with Gasteiger partial charge in [0.15, 0.2) is 0 Å². The minimum Gasteiger partial charge on any atom is -0.465 e. The highest BCUT2D eigenvalue weighted by Gasteiger charge is 2.19. The fourth-order valence-corrected chi connectivity index (χ4v) is 3.04. The Labute approximate surface area is 152 Å². The van der Waals surface area contributed by atoms with E-state index in [1.807, 2.05) is 24.3 Å². The Morgan fingerprint density at radius 2 is 2.04 bits per heavy atom. The molecule has 0 spiro atoms. The van der Waals surface area contributed by atoms with Gasteiger partial charge in [-0.1, -0.05) is 15.9 Å². The molecule has 0 atom stereocenters. The lowest BCUT2D eigenvalue weighted by Gasteiger charge is -2.14. The Morgan fingerprint density at radius 3 is 2.76 bits per heavy atom. The molecular formula is C18H17BrN2O4. The number of aromatic nitrogens is 1. The van der Waals surface area contributed by atoms with Crippen LogP contribution in [0.4, 0.5) is 0 Å². The van der Waals surface area contributed by atoms with Gasteiger partial charge in [-0.3, -0.25) is 4.79 Å². The molecule has 1 aromatic carbocycles. The number of nitrogens with zero attached hydrogens (tertiary/aromatic N) is 1. The first-order chi connectivity index (χ1) is 11.9. The number of fused-ring (bicyclic) bond motifs is 1. The average molecular weight is 405 g/mol. The molecule has 6 nitrogen and oxygen atoms in total. The minimum atomic E-state index is -0.456. The first-order valence-corrected chi connectivity index (χ1v) is 8.39. The maximum absolute atomic E-state index is 12.6. The van der Waals surface area contributed by atoms with Crippen molar-refractivity contribution in [2.75, 3.05) is 14.2 Å². The highest BCUT2D eigenvalue weighted by Crippen LogP contribution is 2.22. The van der Waals surface area contributed by atoms with Gasteiger partial charge in [0.25, 0.3) is 5.91 Å². The number of benzene rings is 1. The van der Waals surface area contributed by atoms with Crippen LogP contribution in [0.2, 0.25) is 0 Å². The van der Waals surface area contributed by atoms with Crippen molar-refractivity contribution >= 4 is 38.7 Å². The lowest BCUT2D eigenvalue weighted by Crippen LogP contribution is -2.26. The van der Waals surface area contributed by atoms with E-state index in [1.165, 1.54) is 12.0 Å². The summed E-state index contributed by atoms with van der Waals surface area (Å²) in [5.74, 6) is 0.370. The van der Waals surface area contributed by atoms with Crippen molar-refractivity contribution in [2.24, 2.45) is 0 Å².